The molecular formula is C20H22BNO2. The van der Waals surface area contributed by atoms with Crippen LogP contribution in [0.5, 0.6) is 0 Å². The van der Waals surface area contributed by atoms with E-state index >= 15 is 0 Å². The van der Waals surface area contributed by atoms with Crippen LogP contribution in [0.2, 0.25) is 0 Å². The molecule has 0 radical (unpaired) electrons. The van der Waals surface area contributed by atoms with Crippen LogP contribution in [-0.2, 0) is 9.31 Å². The van der Waals surface area contributed by atoms with Crippen LogP contribution in [0.3, 0.4) is 0 Å². The van der Waals surface area contributed by atoms with Crippen molar-refractivity contribution in [3.8, 4) is 5.69 Å². The topological polar surface area (TPSA) is 23.4 Å². The second-order valence-electron chi connectivity index (χ2n) is 7.39. The molecule has 0 bridgehead atoms. The van der Waals surface area contributed by atoms with Crippen LogP contribution in [0, 0.1) is 0 Å². The van der Waals surface area contributed by atoms with Gasteiger partial charge in [-0.2, -0.15) is 0 Å². The first-order valence-electron chi connectivity index (χ1n) is 8.40. The lowest BCUT2D eigenvalue weighted by Crippen LogP contribution is -2.41. The zero-order valence-corrected chi connectivity index (χ0v) is 14.6. The van der Waals surface area contributed by atoms with Crippen molar-refractivity contribution >= 4 is 23.5 Å². The molecule has 1 aliphatic heterocycles. The molecule has 0 N–H and O–H groups in total. The molecule has 0 spiro atoms. The van der Waals surface area contributed by atoms with Gasteiger partial charge in [-0.25, -0.2) is 0 Å². The van der Waals surface area contributed by atoms with E-state index in [0.717, 1.165) is 16.7 Å². The normalized spacial score (nSPS) is 19.1. The lowest BCUT2D eigenvalue weighted by Gasteiger charge is -2.32. The van der Waals surface area contributed by atoms with Gasteiger partial charge in [0.1, 0.15) is 0 Å². The van der Waals surface area contributed by atoms with Gasteiger partial charge in [0, 0.05) is 11.9 Å². The van der Waals surface area contributed by atoms with E-state index in [1.165, 1.54) is 5.39 Å². The largest absolute Gasteiger partial charge is 0.495 e. The second kappa shape index (κ2) is 5.23. The summed E-state index contributed by atoms with van der Waals surface area (Å²) >= 11 is 0. The predicted octanol–water partition coefficient (Wildman–Crippen LogP) is 3.93. The summed E-state index contributed by atoms with van der Waals surface area (Å²) in [7, 11) is -0.342. The Morgan fingerprint density at radius 3 is 2.12 bits per heavy atom. The Morgan fingerprint density at radius 2 is 1.46 bits per heavy atom. The standard InChI is InChI=1S/C20H22BNO2/c1-19(2)20(3,4)24-21(23-19)17-11-8-12-18-16(17)13-14-22(18)15-9-6-5-7-10-15/h5-14H,1-4H3. The summed E-state index contributed by atoms with van der Waals surface area (Å²) in [6, 6.07) is 18.8. The number of fused-ring (bicyclic) bond motifs is 1. The van der Waals surface area contributed by atoms with Crippen molar-refractivity contribution in [3.63, 3.8) is 0 Å². The van der Waals surface area contributed by atoms with E-state index in [1.807, 2.05) is 6.07 Å². The number of para-hydroxylation sites is 1. The third-order valence-electron chi connectivity index (χ3n) is 5.31. The molecule has 4 rings (SSSR count). The molecule has 0 unspecified atom stereocenters. The first-order valence-corrected chi connectivity index (χ1v) is 8.40. The average molecular weight is 319 g/mol. The monoisotopic (exact) mass is 319 g/mol. The maximum atomic E-state index is 6.24. The van der Waals surface area contributed by atoms with Crippen molar-refractivity contribution in [1.82, 2.24) is 4.57 Å². The van der Waals surface area contributed by atoms with E-state index in [2.05, 4.69) is 87.0 Å². The molecule has 3 nitrogen and oxygen atoms in total. The van der Waals surface area contributed by atoms with Gasteiger partial charge in [-0.1, -0.05) is 30.3 Å². The maximum Gasteiger partial charge on any atom is 0.495 e. The minimum absolute atomic E-state index is 0.332. The molecule has 0 atom stereocenters. The maximum absolute atomic E-state index is 6.24. The highest BCUT2D eigenvalue weighted by atomic mass is 16.7. The quantitative estimate of drug-likeness (QED) is 0.668. The smallest absolute Gasteiger partial charge is 0.399 e. The molecule has 0 amide bonds. The number of hydrogen-bond donors (Lipinski definition) is 0. The first-order chi connectivity index (χ1) is 11.4. The van der Waals surface area contributed by atoms with E-state index in [-0.39, 0.29) is 18.3 Å². The van der Waals surface area contributed by atoms with Crippen molar-refractivity contribution < 1.29 is 9.31 Å². The summed E-state index contributed by atoms with van der Waals surface area (Å²) in [6.07, 6.45) is 2.11. The first kappa shape index (κ1) is 15.5. The third-order valence-corrected chi connectivity index (χ3v) is 5.31. The number of aromatic nitrogens is 1. The van der Waals surface area contributed by atoms with Gasteiger partial charge in [-0.05, 0) is 62.8 Å². The summed E-state index contributed by atoms with van der Waals surface area (Å²) in [5.41, 5.74) is 2.73. The third kappa shape index (κ3) is 2.29. The molecule has 1 aromatic heterocycles. The lowest BCUT2D eigenvalue weighted by molar-refractivity contribution is 0.00578. The summed E-state index contributed by atoms with van der Waals surface area (Å²) in [6.45, 7) is 8.34. The summed E-state index contributed by atoms with van der Waals surface area (Å²) in [5, 5.41) is 1.17. The molecule has 3 aromatic rings. The Bertz CT molecular complexity index is 867. The molecule has 24 heavy (non-hydrogen) atoms. The molecule has 0 saturated carbocycles. The van der Waals surface area contributed by atoms with Gasteiger partial charge in [0.25, 0.3) is 0 Å². The zero-order chi connectivity index (χ0) is 16.9. The number of nitrogens with zero attached hydrogens (tertiary/aromatic N) is 1. The van der Waals surface area contributed by atoms with E-state index in [1.54, 1.807) is 0 Å². The van der Waals surface area contributed by atoms with Crippen molar-refractivity contribution in [1.29, 1.82) is 0 Å². The lowest BCUT2D eigenvalue weighted by atomic mass is 9.77. The molecule has 0 aliphatic carbocycles. The number of benzene rings is 2. The van der Waals surface area contributed by atoms with Crippen molar-refractivity contribution in [3.05, 3.63) is 60.8 Å². The molecule has 2 heterocycles. The van der Waals surface area contributed by atoms with Gasteiger partial charge in [-0.3, -0.25) is 0 Å². The Labute approximate surface area is 143 Å². The second-order valence-corrected chi connectivity index (χ2v) is 7.39. The predicted molar refractivity (Wildman–Crippen MR) is 99.0 cm³/mol. The van der Waals surface area contributed by atoms with Crippen LogP contribution in [-0.4, -0.2) is 22.9 Å². The summed E-state index contributed by atoms with van der Waals surface area (Å²) < 4.78 is 14.7. The Morgan fingerprint density at radius 1 is 0.792 bits per heavy atom. The molecule has 2 aromatic carbocycles. The molecule has 4 heteroatoms. The van der Waals surface area contributed by atoms with Crippen molar-refractivity contribution in [2.75, 3.05) is 0 Å². The average Bonchev–Trinajstić information content (AvgIpc) is 3.06. The van der Waals surface area contributed by atoms with E-state index in [4.69, 9.17) is 9.31 Å². The van der Waals surface area contributed by atoms with Crippen LogP contribution in [0.1, 0.15) is 27.7 Å². The Hall–Kier alpha value is -2.04. The number of hydrogen-bond acceptors (Lipinski definition) is 2. The fourth-order valence-electron chi connectivity index (χ4n) is 3.18. The van der Waals surface area contributed by atoms with Gasteiger partial charge >= 0.3 is 7.12 Å². The molecule has 1 fully saturated rings. The van der Waals surface area contributed by atoms with Gasteiger partial charge in [0.2, 0.25) is 0 Å². The minimum Gasteiger partial charge on any atom is -0.399 e. The molecular weight excluding hydrogens is 297 g/mol. The fraction of sp³-hybridized carbons (Fsp3) is 0.300. The Kier molecular flexibility index (Phi) is 3.38. The Balaban J connectivity index is 1.81. The molecule has 1 aliphatic rings. The van der Waals surface area contributed by atoms with Crippen molar-refractivity contribution in [2.24, 2.45) is 0 Å². The highest BCUT2D eigenvalue weighted by Crippen LogP contribution is 2.37. The van der Waals surface area contributed by atoms with Crippen LogP contribution in [0.15, 0.2) is 60.8 Å². The van der Waals surface area contributed by atoms with Crippen LogP contribution in [0.25, 0.3) is 16.6 Å². The molecule has 1 saturated heterocycles. The SMILES string of the molecule is CC1(C)OB(c2cccc3c2ccn3-c2ccccc2)OC1(C)C. The van der Waals surface area contributed by atoms with Gasteiger partial charge in [0.15, 0.2) is 0 Å². The van der Waals surface area contributed by atoms with Crippen LogP contribution < -0.4 is 5.46 Å². The van der Waals surface area contributed by atoms with E-state index in [9.17, 15) is 0 Å². The van der Waals surface area contributed by atoms with E-state index in [0.29, 0.717) is 0 Å². The van der Waals surface area contributed by atoms with Crippen LogP contribution in [0.4, 0.5) is 0 Å². The van der Waals surface area contributed by atoms with Gasteiger partial charge < -0.3 is 13.9 Å². The van der Waals surface area contributed by atoms with Crippen molar-refractivity contribution in [2.45, 2.75) is 38.9 Å². The molecule has 122 valence electrons. The fourth-order valence-corrected chi connectivity index (χ4v) is 3.18. The highest BCUT2D eigenvalue weighted by molar-refractivity contribution is 6.65. The van der Waals surface area contributed by atoms with Crippen LogP contribution >= 0.6 is 0 Å². The van der Waals surface area contributed by atoms with Gasteiger partial charge in [0.05, 0.1) is 16.7 Å². The number of rotatable bonds is 2. The van der Waals surface area contributed by atoms with Gasteiger partial charge in [-0.15, -0.1) is 0 Å². The minimum atomic E-state index is -0.342. The highest BCUT2D eigenvalue weighted by Gasteiger charge is 2.52. The summed E-state index contributed by atoms with van der Waals surface area (Å²) in [4.78, 5) is 0. The summed E-state index contributed by atoms with van der Waals surface area (Å²) in [5.74, 6) is 0. The zero-order valence-electron chi connectivity index (χ0n) is 14.6. The van der Waals surface area contributed by atoms with E-state index < -0.39 is 0 Å².